The van der Waals surface area contributed by atoms with Crippen molar-refractivity contribution in [3.8, 4) is 11.3 Å². The highest BCUT2D eigenvalue weighted by Gasteiger charge is 2.29. The van der Waals surface area contributed by atoms with E-state index in [4.69, 9.17) is 0 Å². The lowest BCUT2D eigenvalue weighted by Crippen LogP contribution is -2.40. The maximum Gasteiger partial charge on any atom is 0.223 e. The van der Waals surface area contributed by atoms with Gasteiger partial charge in [-0.1, -0.05) is 60.7 Å². The second kappa shape index (κ2) is 12.4. The van der Waals surface area contributed by atoms with Crippen molar-refractivity contribution in [2.24, 2.45) is 10.9 Å². The van der Waals surface area contributed by atoms with Crippen LogP contribution in [0.4, 0.5) is 0 Å². The minimum atomic E-state index is 0. The summed E-state index contributed by atoms with van der Waals surface area (Å²) in [6, 6.07) is 20.4. The third kappa shape index (κ3) is 7.05. The first-order valence-corrected chi connectivity index (χ1v) is 11.1. The van der Waals surface area contributed by atoms with E-state index in [0.29, 0.717) is 25.5 Å². The molecule has 7 nitrogen and oxygen atoms in total. The van der Waals surface area contributed by atoms with Gasteiger partial charge in [0.2, 0.25) is 5.91 Å². The second-order valence-electron chi connectivity index (χ2n) is 8.06. The molecule has 0 saturated carbocycles. The van der Waals surface area contributed by atoms with Crippen LogP contribution in [0.1, 0.15) is 17.8 Å². The van der Waals surface area contributed by atoms with Gasteiger partial charge >= 0.3 is 0 Å². The summed E-state index contributed by atoms with van der Waals surface area (Å²) in [7, 11) is 1.75. The van der Waals surface area contributed by atoms with E-state index in [1.54, 1.807) is 7.05 Å². The molecule has 2 heterocycles. The third-order valence-electron chi connectivity index (χ3n) is 5.73. The number of aromatic amines is 1. The standard InChI is InChI=1S/C25H30N6O.HI/c1-26-25(29-17-23-27-16-22(30-23)21-10-6-3-7-11-21)28-15-20-14-24(32)31(18-20)13-12-19-8-4-2-5-9-19;/h2-11,16,20H,12-15,17-18H2,1H3,(H,27,30)(H2,26,28,29);1H. The number of nitrogens with one attached hydrogen (secondary N) is 3. The summed E-state index contributed by atoms with van der Waals surface area (Å²) in [6.45, 7) is 2.81. The lowest BCUT2D eigenvalue weighted by Gasteiger charge is -2.17. The number of amides is 1. The molecule has 1 fully saturated rings. The number of hydrogen-bond acceptors (Lipinski definition) is 3. The largest absolute Gasteiger partial charge is 0.356 e. The monoisotopic (exact) mass is 558 g/mol. The maximum atomic E-state index is 12.4. The van der Waals surface area contributed by atoms with Crippen LogP contribution in [0.5, 0.6) is 0 Å². The average molecular weight is 558 g/mol. The Morgan fingerprint density at radius 1 is 1.12 bits per heavy atom. The van der Waals surface area contributed by atoms with Gasteiger partial charge in [-0.2, -0.15) is 0 Å². The highest BCUT2D eigenvalue weighted by molar-refractivity contribution is 14.0. The van der Waals surface area contributed by atoms with Crippen molar-refractivity contribution >= 4 is 35.8 Å². The first-order valence-electron chi connectivity index (χ1n) is 11.1. The van der Waals surface area contributed by atoms with Crippen LogP contribution in [-0.2, 0) is 17.8 Å². The summed E-state index contributed by atoms with van der Waals surface area (Å²) in [6.07, 6.45) is 3.32. The highest BCUT2D eigenvalue weighted by Crippen LogP contribution is 2.18. The second-order valence-corrected chi connectivity index (χ2v) is 8.06. The van der Waals surface area contributed by atoms with Crippen molar-refractivity contribution in [2.75, 3.05) is 26.7 Å². The molecule has 3 N–H and O–H groups in total. The zero-order valence-electron chi connectivity index (χ0n) is 18.8. The van der Waals surface area contributed by atoms with Crippen molar-refractivity contribution in [3.63, 3.8) is 0 Å². The van der Waals surface area contributed by atoms with Crippen LogP contribution < -0.4 is 10.6 Å². The Morgan fingerprint density at radius 2 is 1.85 bits per heavy atom. The number of rotatable bonds is 8. The number of hydrogen-bond donors (Lipinski definition) is 3. The minimum Gasteiger partial charge on any atom is -0.356 e. The van der Waals surface area contributed by atoms with E-state index in [2.05, 4.69) is 49.9 Å². The normalized spacial score (nSPS) is 15.9. The Kier molecular flexibility index (Phi) is 9.29. The molecule has 2 aromatic carbocycles. The molecule has 1 aliphatic heterocycles. The van der Waals surface area contributed by atoms with Crippen molar-refractivity contribution in [1.82, 2.24) is 25.5 Å². The fourth-order valence-electron chi connectivity index (χ4n) is 3.96. The predicted octanol–water partition coefficient (Wildman–Crippen LogP) is 3.45. The zero-order chi connectivity index (χ0) is 22.2. The fraction of sp³-hybridized carbons (Fsp3) is 0.320. The summed E-state index contributed by atoms with van der Waals surface area (Å²) >= 11 is 0. The van der Waals surface area contributed by atoms with Crippen LogP contribution in [0.2, 0.25) is 0 Å². The summed E-state index contributed by atoms with van der Waals surface area (Å²) in [5, 5.41) is 6.64. The van der Waals surface area contributed by atoms with Crippen LogP contribution in [0.15, 0.2) is 71.9 Å². The number of H-pyrrole nitrogens is 1. The summed E-state index contributed by atoms with van der Waals surface area (Å²) in [4.78, 5) is 26.5. The Balaban J connectivity index is 0.00000306. The first-order chi connectivity index (χ1) is 15.7. The number of carbonyl (C=O) groups is 1. The number of aromatic nitrogens is 2. The Morgan fingerprint density at radius 3 is 2.58 bits per heavy atom. The first kappa shape index (κ1) is 24.8. The van der Waals surface area contributed by atoms with Crippen LogP contribution in [0, 0.1) is 5.92 Å². The van der Waals surface area contributed by atoms with Gasteiger partial charge in [0.05, 0.1) is 18.4 Å². The van der Waals surface area contributed by atoms with Crippen molar-refractivity contribution < 1.29 is 4.79 Å². The average Bonchev–Trinajstić information content (AvgIpc) is 3.45. The molecule has 0 bridgehead atoms. The van der Waals surface area contributed by atoms with Crippen molar-refractivity contribution in [1.29, 1.82) is 0 Å². The quantitative estimate of drug-likeness (QED) is 0.225. The molecule has 1 saturated heterocycles. The maximum absolute atomic E-state index is 12.4. The molecule has 0 radical (unpaired) electrons. The molecule has 0 spiro atoms. The number of guanidine groups is 1. The van der Waals surface area contributed by atoms with Crippen molar-refractivity contribution in [2.45, 2.75) is 19.4 Å². The smallest absolute Gasteiger partial charge is 0.223 e. The molecule has 33 heavy (non-hydrogen) atoms. The lowest BCUT2D eigenvalue weighted by molar-refractivity contribution is -0.127. The van der Waals surface area contributed by atoms with E-state index < -0.39 is 0 Å². The lowest BCUT2D eigenvalue weighted by atomic mass is 10.1. The minimum absolute atomic E-state index is 0. The van der Waals surface area contributed by atoms with Crippen LogP contribution in [0.3, 0.4) is 0 Å². The Labute approximate surface area is 212 Å². The number of imidazole rings is 1. The topological polar surface area (TPSA) is 85.4 Å². The summed E-state index contributed by atoms with van der Waals surface area (Å²) in [5.74, 6) is 2.07. The molecule has 8 heteroatoms. The number of nitrogens with zero attached hydrogens (tertiary/aromatic N) is 3. The van der Waals surface area contributed by atoms with Gasteiger partial charge in [-0.25, -0.2) is 4.98 Å². The van der Waals surface area contributed by atoms with Crippen molar-refractivity contribution in [3.05, 3.63) is 78.2 Å². The summed E-state index contributed by atoms with van der Waals surface area (Å²) in [5.41, 5.74) is 3.36. The number of carbonyl (C=O) groups excluding carboxylic acids is 1. The molecule has 3 aromatic rings. The van der Waals surface area contributed by atoms with Gasteiger partial charge in [0.1, 0.15) is 5.82 Å². The van der Waals surface area contributed by atoms with E-state index in [0.717, 1.165) is 36.6 Å². The number of halogens is 1. The van der Waals surface area contributed by atoms with Gasteiger partial charge in [-0.05, 0) is 17.5 Å². The fourth-order valence-corrected chi connectivity index (χ4v) is 3.96. The molecule has 1 amide bonds. The van der Waals surface area contributed by atoms with E-state index >= 15 is 0 Å². The molecular weight excluding hydrogens is 527 g/mol. The molecule has 4 rings (SSSR count). The van der Waals surface area contributed by atoms with Gasteiger partial charge in [0.25, 0.3) is 0 Å². The molecule has 1 aromatic heterocycles. The van der Waals surface area contributed by atoms with Crippen LogP contribution >= 0.6 is 24.0 Å². The molecule has 0 aliphatic carbocycles. The van der Waals surface area contributed by atoms with Gasteiger partial charge in [0.15, 0.2) is 5.96 Å². The number of likely N-dealkylation sites (tertiary alicyclic amines) is 1. The molecule has 174 valence electrons. The predicted molar refractivity (Wildman–Crippen MR) is 142 cm³/mol. The Bertz CT molecular complexity index is 1040. The molecule has 1 unspecified atom stereocenters. The van der Waals surface area contributed by atoms with Crippen LogP contribution in [0.25, 0.3) is 11.3 Å². The van der Waals surface area contributed by atoms with Crippen LogP contribution in [-0.4, -0.2) is 53.4 Å². The van der Waals surface area contributed by atoms with E-state index in [-0.39, 0.29) is 35.8 Å². The molecule has 1 atom stereocenters. The van der Waals surface area contributed by atoms with E-state index in [1.807, 2.05) is 47.5 Å². The van der Waals surface area contributed by atoms with E-state index in [1.165, 1.54) is 5.56 Å². The Hall–Kier alpha value is -2.88. The molecule has 1 aliphatic rings. The highest BCUT2D eigenvalue weighted by atomic mass is 127. The van der Waals surface area contributed by atoms with Gasteiger partial charge in [-0.15, -0.1) is 24.0 Å². The SMILES string of the molecule is CN=C(NCc1ncc(-c2ccccc2)[nH]1)NCC1CC(=O)N(CCc2ccccc2)C1.I. The number of aliphatic imine (C=N–C) groups is 1. The zero-order valence-corrected chi connectivity index (χ0v) is 21.2. The molecular formula is C25H31IN6O. The van der Waals surface area contributed by atoms with Gasteiger partial charge in [-0.3, -0.25) is 9.79 Å². The van der Waals surface area contributed by atoms with E-state index in [9.17, 15) is 4.79 Å². The third-order valence-corrected chi connectivity index (χ3v) is 5.73. The number of benzene rings is 2. The van der Waals surface area contributed by atoms with Gasteiger partial charge in [0, 0.05) is 39.0 Å². The summed E-state index contributed by atoms with van der Waals surface area (Å²) < 4.78 is 0. The van der Waals surface area contributed by atoms with Gasteiger partial charge < -0.3 is 20.5 Å².